The number of hydrogen-bond donors (Lipinski definition) is 1. The molecular weight excluding hydrogens is 166 g/mol. The Bertz CT molecular complexity index is 447. The Labute approximate surface area is 75.0 Å². The minimum absolute atomic E-state index is 0.0369. The van der Waals surface area contributed by atoms with Gasteiger partial charge in [-0.15, -0.1) is 0 Å². The van der Waals surface area contributed by atoms with Gasteiger partial charge < -0.3 is 0 Å². The van der Waals surface area contributed by atoms with Crippen molar-refractivity contribution in [2.24, 2.45) is 0 Å². The van der Waals surface area contributed by atoms with Crippen molar-refractivity contribution >= 4 is 16.7 Å². The fourth-order valence-electron chi connectivity index (χ4n) is 1.25. The zero-order chi connectivity index (χ0) is 9.26. The first kappa shape index (κ1) is 7.91. The molecule has 0 radical (unpaired) electrons. The van der Waals surface area contributed by atoms with E-state index < -0.39 is 0 Å². The Balaban J connectivity index is 2.67. The van der Waals surface area contributed by atoms with Crippen molar-refractivity contribution in [1.29, 1.82) is 0 Å². The Morgan fingerprint density at radius 2 is 2.46 bits per heavy atom. The smallest absolute Gasteiger partial charge is 0.183 e. The first-order chi connectivity index (χ1) is 6.33. The van der Waals surface area contributed by atoms with E-state index >= 15 is 0 Å². The second-order valence-corrected chi connectivity index (χ2v) is 2.77. The van der Waals surface area contributed by atoms with Crippen molar-refractivity contribution in [2.45, 2.75) is 13.3 Å². The van der Waals surface area contributed by atoms with Crippen LogP contribution < -0.4 is 0 Å². The molecule has 0 atom stereocenters. The Morgan fingerprint density at radius 1 is 1.62 bits per heavy atom. The highest BCUT2D eigenvalue weighted by Gasteiger charge is 2.10. The molecule has 4 heteroatoms. The van der Waals surface area contributed by atoms with Crippen LogP contribution in [-0.2, 0) is 0 Å². The van der Waals surface area contributed by atoms with Crippen molar-refractivity contribution in [1.82, 2.24) is 15.2 Å². The highest BCUT2D eigenvalue weighted by molar-refractivity contribution is 6.04. The molecule has 0 fully saturated rings. The molecule has 66 valence electrons. The van der Waals surface area contributed by atoms with E-state index in [1.807, 2.05) is 13.0 Å². The summed E-state index contributed by atoms with van der Waals surface area (Å²) in [5, 5.41) is 7.55. The lowest BCUT2D eigenvalue weighted by molar-refractivity contribution is 0.0985. The largest absolute Gasteiger partial charge is 0.292 e. The lowest BCUT2D eigenvalue weighted by Gasteiger charge is -1.96. The quantitative estimate of drug-likeness (QED) is 0.704. The minimum atomic E-state index is 0.0369. The van der Waals surface area contributed by atoms with Crippen LogP contribution in [0.15, 0.2) is 18.5 Å². The van der Waals surface area contributed by atoms with Crippen molar-refractivity contribution < 1.29 is 4.79 Å². The van der Waals surface area contributed by atoms with Gasteiger partial charge in [0.25, 0.3) is 0 Å². The average Bonchev–Trinajstić information content (AvgIpc) is 2.63. The lowest BCUT2D eigenvalue weighted by atomic mass is 10.1. The normalized spacial score (nSPS) is 10.5. The lowest BCUT2D eigenvalue weighted by Crippen LogP contribution is -2.00. The molecule has 4 nitrogen and oxygen atoms in total. The SMILES string of the molecule is CCC(=O)c1nccc2cn[nH]c12. The van der Waals surface area contributed by atoms with E-state index in [-0.39, 0.29) is 5.78 Å². The van der Waals surface area contributed by atoms with E-state index in [2.05, 4.69) is 15.2 Å². The number of carbonyl (C=O) groups excluding carboxylic acids is 1. The van der Waals surface area contributed by atoms with Crippen molar-refractivity contribution in [2.75, 3.05) is 0 Å². The molecule has 2 aromatic rings. The fourth-order valence-corrected chi connectivity index (χ4v) is 1.25. The number of Topliss-reactive ketones (excluding diaryl/α,β-unsaturated/α-hetero) is 1. The van der Waals surface area contributed by atoms with Gasteiger partial charge in [0.1, 0.15) is 5.69 Å². The van der Waals surface area contributed by atoms with Gasteiger partial charge >= 0.3 is 0 Å². The Morgan fingerprint density at radius 3 is 3.23 bits per heavy atom. The van der Waals surface area contributed by atoms with E-state index in [1.165, 1.54) is 0 Å². The summed E-state index contributed by atoms with van der Waals surface area (Å²) >= 11 is 0. The van der Waals surface area contributed by atoms with E-state index in [1.54, 1.807) is 12.4 Å². The molecule has 0 spiro atoms. The van der Waals surface area contributed by atoms with Crippen molar-refractivity contribution in [3.63, 3.8) is 0 Å². The second kappa shape index (κ2) is 2.97. The van der Waals surface area contributed by atoms with Crippen LogP contribution in [0.5, 0.6) is 0 Å². The summed E-state index contributed by atoms with van der Waals surface area (Å²) < 4.78 is 0. The number of ketones is 1. The van der Waals surface area contributed by atoms with Crippen molar-refractivity contribution in [3.05, 3.63) is 24.2 Å². The van der Waals surface area contributed by atoms with Gasteiger partial charge in [-0.1, -0.05) is 6.92 Å². The van der Waals surface area contributed by atoms with Gasteiger partial charge in [-0.2, -0.15) is 5.10 Å². The van der Waals surface area contributed by atoms with E-state index in [9.17, 15) is 4.79 Å². The number of nitrogens with zero attached hydrogens (tertiary/aromatic N) is 2. The molecule has 0 saturated carbocycles. The second-order valence-electron chi connectivity index (χ2n) is 2.77. The molecule has 0 aliphatic heterocycles. The van der Waals surface area contributed by atoms with Gasteiger partial charge in [0.05, 0.1) is 11.7 Å². The first-order valence-corrected chi connectivity index (χ1v) is 4.14. The summed E-state index contributed by atoms with van der Waals surface area (Å²) in [4.78, 5) is 15.4. The minimum Gasteiger partial charge on any atom is -0.292 e. The van der Waals surface area contributed by atoms with Crippen LogP contribution in [0.25, 0.3) is 10.9 Å². The molecule has 13 heavy (non-hydrogen) atoms. The number of aromatic amines is 1. The summed E-state index contributed by atoms with van der Waals surface area (Å²) in [6.45, 7) is 1.82. The molecule has 0 aliphatic rings. The molecule has 2 heterocycles. The summed E-state index contributed by atoms with van der Waals surface area (Å²) in [5.41, 5.74) is 1.21. The summed E-state index contributed by atoms with van der Waals surface area (Å²) in [6.07, 6.45) is 3.77. The molecule has 2 rings (SSSR count). The monoisotopic (exact) mass is 175 g/mol. The maximum Gasteiger partial charge on any atom is 0.183 e. The number of rotatable bonds is 2. The van der Waals surface area contributed by atoms with E-state index in [0.717, 1.165) is 10.9 Å². The molecule has 1 N–H and O–H groups in total. The molecule has 2 aromatic heterocycles. The first-order valence-electron chi connectivity index (χ1n) is 4.14. The molecule has 0 saturated heterocycles. The Hall–Kier alpha value is -1.71. The number of fused-ring (bicyclic) bond motifs is 1. The van der Waals surface area contributed by atoms with Crippen LogP contribution >= 0.6 is 0 Å². The van der Waals surface area contributed by atoms with Gasteiger partial charge in [0, 0.05) is 18.0 Å². The number of pyridine rings is 1. The average molecular weight is 175 g/mol. The number of aromatic nitrogens is 3. The maximum absolute atomic E-state index is 11.4. The van der Waals surface area contributed by atoms with Crippen LogP contribution in [0, 0.1) is 0 Å². The van der Waals surface area contributed by atoms with Gasteiger partial charge in [0.15, 0.2) is 5.78 Å². The highest BCUT2D eigenvalue weighted by Crippen LogP contribution is 2.14. The predicted molar refractivity (Wildman–Crippen MR) is 48.5 cm³/mol. The number of hydrogen-bond acceptors (Lipinski definition) is 3. The topological polar surface area (TPSA) is 58.6 Å². The standard InChI is InChI=1S/C9H9N3O/c1-2-7(13)9-8-6(3-4-10-9)5-11-12-8/h3-5H,2H2,1H3,(H,11,12). The zero-order valence-corrected chi connectivity index (χ0v) is 7.24. The van der Waals surface area contributed by atoms with Gasteiger partial charge in [-0.25, -0.2) is 0 Å². The molecular formula is C9H9N3O. The van der Waals surface area contributed by atoms with Crippen LogP contribution in [0.2, 0.25) is 0 Å². The molecule has 0 bridgehead atoms. The third kappa shape index (κ3) is 1.20. The van der Waals surface area contributed by atoms with Gasteiger partial charge in [-0.3, -0.25) is 14.9 Å². The third-order valence-corrected chi connectivity index (χ3v) is 1.95. The molecule has 0 amide bonds. The summed E-state index contributed by atoms with van der Waals surface area (Å²) in [6, 6.07) is 1.82. The number of H-pyrrole nitrogens is 1. The summed E-state index contributed by atoms with van der Waals surface area (Å²) in [5.74, 6) is 0.0369. The Kier molecular flexibility index (Phi) is 1.81. The van der Waals surface area contributed by atoms with Gasteiger partial charge in [0.2, 0.25) is 0 Å². The predicted octanol–water partition coefficient (Wildman–Crippen LogP) is 1.55. The molecule has 0 unspecified atom stereocenters. The van der Waals surface area contributed by atoms with E-state index in [0.29, 0.717) is 12.1 Å². The molecule has 0 aromatic carbocycles. The summed E-state index contributed by atoms with van der Waals surface area (Å²) in [7, 11) is 0. The molecule has 0 aliphatic carbocycles. The number of nitrogens with one attached hydrogen (secondary N) is 1. The van der Waals surface area contributed by atoms with Crippen molar-refractivity contribution in [3.8, 4) is 0 Å². The third-order valence-electron chi connectivity index (χ3n) is 1.95. The fraction of sp³-hybridized carbons (Fsp3) is 0.222. The number of carbonyl (C=O) groups is 1. The van der Waals surface area contributed by atoms with Crippen LogP contribution in [-0.4, -0.2) is 21.0 Å². The zero-order valence-electron chi connectivity index (χ0n) is 7.24. The maximum atomic E-state index is 11.4. The van der Waals surface area contributed by atoms with Crippen LogP contribution in [0.4, 0.5) is 0 Å². The van der Waals surface area contributed by atoms with E-state index in [4.69, 9.17) is 0 Å². The highest BCUT2D eigenvalue weighted by atomic mass is 16.1. The van der Waals surface area contributed by atoms with Crippen LogP contribution in [0.3, 0.4) is 0 Å². The van der Waals surface area contributed by atoms with Gasteiger partial charge in [-0.05, 0) is 6.07 Å². The van der Waals surface area contributed by atoms with Crippen LogP contribution in [0.1, 0.15) is 23.8 Å².